The minimum absolute atomic E-state index is 0.119. The van der Waals surface area contributed by atoms with Crippen LogP contribution < -0.4 is 16.0 Å². The fourth-order valence-electron chi connectivity index (χ4n) is 4.72. The lowest BCUT2D eigenvalue weighted by molar-refractivity contribution is -0.134. The van der Waals surface area contributed by atoms with Crippen LogP contribution >= 0.6 is 0 Å². The Labute approximate surface area is 207 Å². The van der Waals surface area contributed by atoms with Gasteiger partial charge in [0.05, 0.1) is 6.04 Å². The number of aromatic nitrogens is 2. The predicted octanol–water partition coefficient (Wildman–Crippen LogP) is 3.06. The Kier molecular flexibility index (Phi) is 8.72. The first-order valence-corrected chi connectivity index (χ1v) is 12.4. The van der Waals surface area contributed by atoms with Gasteiger partial charge in [0, 0.05) is 24.4 Å². The molecule has 1 aliphatic carbocycles. The maximum Gasteiger partial charge on any atom is 0.259 e. The highest BCUT2D eigenvalue weighted by Gasteiger charge is 2.48. The summed E-state index contributed by atoms with van der Waals surface area (Å²) in [6.45, 7) is 8.79. The molecule has 3 amide bonds. The van der Waals surface area contributed by atoms with Crippen molar-refractivity contribution >= 4 is 17.7 Å². The van der Waals surface area contributed by atoms with Crippen LogP contribution in [0.5, 0.6) is 0 Å². The summed E-state index contributed by atoms with van der Waals surface area (Å²) < 4.78 is 0. The van der Waals surface area contributed by atoms with Crippen molar-refractivity contribution < 1.29 is 14.4 Å². The molecule has 0 saturated heterocycles. The number of hydrogen-bond acceptors (Lipinski definition) is 6. The van der Waals surface area contributed by atoms with E-state index in [1.807, 2.05) is 52.0 Å². The van der Waals surface area contributed by atoms with Crippen molar-refractivity contribution in [2.45, 2.75) is 84.3 Å². The highest BCUT2D eigenvalue weighted by atomic mass is 16.2. The third-order valence-electron chi connectivity index (χ3n) is 6.43. The van der Waals surface area contributed by atoms with Crippen molar-refractivity contribution in [1.29, 1.82) is 0 Å². The number of amides is 3. The monoisotopic (exact) mass is 479 g/mol. The molecule has 2 aromatic rings. The summed E-state index contributed by atoms with van der Waals surface area (Å²) in [6.07, 6.45) is 5.27. The largest absolute Gasteiger partial charge is 0.352 e. The van der Waals surface area contributed by atoms with Gasteiger partial charge in [-0.25, -0.2) is 9.97 Å². The Morgan fingerprint density at radius 1 is 0.971 bits per heavy atom. The lowest BCUT2D eigenvalue weighted by Gasteiger charge is -2.37. The van der Waals surface area contributed by atoms with Crippen LogP contribution in [0, 0.1) is 19.8 Å². The molecule has 0 unspecified atom stereocenters. The SMILES string of the molecule is CC(=O)NC(=O)[C@](N[C@H](C(=O)NC1CCCCC1)C(C)C)(c1ccccc1)c1nc(C)cc(C)n1. The Bertz CT molecular complexity index is 1030. The lowest BCUT2D eigenvalue weighted by Crippen LogP contribution is -2.64. The normalized spacial score (nSPS) is 16.9. The molecule has 3 rings (SSSR count). The fourth-order valence-corrected chi connectivity index (χ4v) is 4.72. The van der Waals surface area contributed by atoms with Crippen molar-refractivity contribution in [2.75, 3.05) is 0 Å². The van der Waals surface area contributed by atoms with E-state index in [9.17, 15) is 14.4 Å². The summed E-state index contributed by atoms with van der Waals surface area (Å²) in [5.74, 6) is -1.27. The van der Waals surface area contributed by atoms with Crippen molar-refractivity contribution in [1.82, 2.24) is 25.9 Å². The molecule has 1 aromatic carbocycles. The van der Waals surface area contributed by atoms with Gasteiger partial charge in [-0.2, -0.15) is 0 Å². The van der Waals surface area contributed by atoms with E-state index in [4.69, 9.17) is 0 Å². The lowest BCUT2D eigenvalue weighted by atomic mass is 9.84. The number of carbonyl (C=O) groups excluding carboxylic acids is 3. The highest BCUT2D eigenvalue weighted by Crippen LogP contribution is 2.30. The van der Waals surface area contributed by atoms with E-state index < -0.39 is 23.4 Å². The Balaban J connectivity index is 2.15. The predicted molar refractivity (Wildman–Crippen MR) is 134 cm³/mol. The maximum atomic E-state index is 13.9. The first-order valence-electron chi connectivity index (χ1n) is 12.4. The molecule has 35 heavy (non-hydrogen) atoms. The molecular weight excluding hydrogens is 442 g/mol. The molecule has 1 aliphatic rings. The van der Waals surface area contributed by atoms with Gasteiger partial charge >= 0.3 is 0 Å². The first kappa shape index (κ1) is 26.5. The van der Waals surface area contributed by atoms with Gasteiger partial charge in [-0.15, -0.1) is 0 Å². The van der Waals surface area contributed by atoms with Gasteiger partial charge in [-0.05, 0) is 44.2 Å². The number of nitrogens with zero attached hydrogens (tertiary/aromatic N) is 2. The number of carbonyl (C=O) groups is 3. The second kappa shape index (κ2) is 11.5. The summed E-state index contributed by atoms with van der Waals surface area (Å²) in [6, 6.07) is 10.2. The summed E-state index contributed by atoms with van der Waals surface area (Å²) >= 11 is 0. The van der Waals surface area contributed by atoms with Gasteiger partial charge in [0.15, 0.2) is 11.4 Å². The molecule has 8 nitrogen and oxygen atoms in total. The molecule has 1 aromatic heterocycles. The zero-order valence-electron chi connectivity index (χ0n) is 21.4. The number of aryl methyl sites for hydroxylation is 2. The maximum absolute atomic E-state index is 13.9. The molecule has 1 saturated carbocycles. The van der Waals surface area contributed by atoms with Crippen LogP contribution in [0.25, 0.3) is 0 Å². The average molecular weight is 480 g/mol. The van der Waals surface area contributed by atoms with Crippen molar-refractivity contribution in [2.24, 2.45) is 5.92 Å². The van der Waals surface area contributed by atoms with Crippen LogP contribution in [0.2, 0.25) is 0 Å². The number of nitrogens with one attached hydrogen (secondary N) is 3. The van der Waals surface area contributed by atoms with Crippen molar-refractivity contribution in [3.8, 4) is 0 Å². The van der Waals surface area contributed by atoms with Gasteiger partial charge in [-0.1, -0.05) is 63.4 Å². The molecule has 2 atom stereocenters. The first-order chi connectivity index (χ1) is 16.6. The van der Waals surface area contributed by atoms with E-state index in [0.29, 0.717) is 17.0 Å². The summed E-state index contributed by atoms with van der Waals surface area (Å²) in [5, 5.41) is 8.97. The molecular formula is C27H37N5O3. The molecule has 0 bridgehead atoms. The van der Waals surface area contributed by atoms with Crippen LogP contribution in [0.4, 0.5) is 0 Å². The van der Waals surface area contributed by atoms with Crippen molar-refractivity contribution in [3.63, 3.8) is 0 Å². The van der Waals surface area contributed by atoms with E-state index in [1.165, 1.54) is 13.3 Å². The Morgan fingerprint density at radius 2 is 1.57 bits per heavy atom. The van der Waals surface area contributed by atoms with E-state index in [-0.39, 0.29) is 23.7 Å². The van der Waals surface area contributed by atoms with Crippen molar-refractivity contribution in [3.05, 3.63) is 59.2 Å². The average Bonchev–Trinajstić information content (AvgIpc) is 2.79. The zero-order chi connectivity index (χ0) is 25.6. The van der Waals surface area contributed by atoms with Crippen LogP contribution in [-0.4, -0.2) is 39.8 Å². The second-order valence-electron chi connectivity index (χ2n) is 9.81. The Morgan fingerprint density at radius 3 is 2.11 bits per heavy atom. The van der Waals surface area contributed by atoms with E-state index >= 15 is 0 Å². The summed E-state index contributed by atoms with van der Waals surface area (Å²) in [7, 11) is 0. The molecule has 188 valence electrons. The third kappa shape index (κ3) is 6.31. The van der Waals surface area contributed by atoms with E-state index in [0.717, 1.165) is 25.7 Å². The third-order valence-corrected chi connectivity index (χ3v) is 6.43. The van der Waals surface area contributed by atoms with Gasteiger partial charge in [0.25, 0.3) is 5.91 Å². The minimum Gasteiger partial charge on any atom is -0.352 e. The molecule has 1 fully saturated rings. The highest BCUT2D eigenvalue weighted by molar-refractivity contribution is 6.01. The molecule has 3 N–H and O–H groups in total. The minimum atomic E-state index is -1.66. The Hall–Kier alpha value is -3.13. The standard InChI is InChI=1S/C27H37N5O3/c1-17(2)23(24(34)31-22-14-10-7-11-15-22)32-27(26(35)30-20(5)33,21-12-8-6-9-13-21)25-28-18(3)16-19(4)29-25/h6,8-9,12-13,16-17,22-23,32H,7,10-11,14-15H2,1-5H3,(H,31,34)(H,30,33,35)/t23-,27-/m0/s1. The molecule has 0 aliphatic heterocycles. The number of benzene rings is 1. The van der Waals surface area contributed by atoms with Crippen LogP contribution in [0.1, 0.15) is 75.7 Å². The summed E-state index contributed by atoms with van der Waals surface area (Å²) in [4.78, 5) is 48.7. The molecule has 0 spiro atoms. The van der Waals surface area contributed by atoms with Gasteiger partial charge in [-0.3, -0.25) is 25.0 Å². The van der Waals surface area contributed by atoms with E-state index in [2.05, 4.69) is 25.9 Å². The number of hydrogen-bond donors (Lipinski definition) is 3. The smallest absolute Gasteiger partial charge is 0.259 e. The fraction of sp³-hybridized carbons (Fsp3) is 0.519. The summed E-state index contributed by atoms with van der Waals surface area (Å²) in [5.41, 5.74) is 0.235. The quantitative estimate of drug-likeness (QED) is 0.536. The van der Waals surface area contributed by atoms with Crippen LogP contribution in [0.3, 0.4) is 0 Å². The van der Waals surface area contributed by atoms with E-state index in [1.54, 1.807) is 12.1 Å². The zero-order valence-corrected chi connectivity index (χ0v) is 21.4. The van der Waals surface area contributed by atoms with Gasteiger partial charge in [0.1, 0.15) is 0 Å². The number of rotatable bonds is 8. The van der Waals surface area contributed by atoms with Crippen LogP contribution in [0.15, 0.2) is 36.4 Å². The second-order valence-corrected chi connectivity index (χ2v) is 9.81. The molecule has 8 heteroatoms. The topological polar surface area (TPSA) is 113 Å². The van der Waals surface area contributed by atoms with Crippen LogP contribution in [-0.2, 0) is 19.9 Å². The van der Waals surface area contributed by atoms with Gasteiger partial charge in [0.2, 0.25) is 11.8 Å². The number of imide groups is 1. The molecule has 1 heterocycles. The van der Waals surface area contributed by atoms with Gasteiger partial charge < -0.3 is 5.32 Å². The molecule has 0 radical (unpaired) electrons.